The monoisotopic (exact) mass is 478 g/mol. The third kappa shape index (κ3) is 5.97. The number of piperazine rings is 1. The maximum Gasteiger partial charge on any atom is 0.409 e. The highest BCUT2D eigenvalue weighted by Crippen LogP contribution is 2.34. The largest absolute Gasteiger partial charge is 0.452 e. The highest BCUT2D eigenvalue weighted by molar-refractivity contribution is 7.99. The van der Waals surface area contributed by atoms with Crippen molar-refractivity contribution in [3.63, 3.8) is 0 Å². The molecule has 1 aromatic heterocycles. The van der Waals surface area contributed by atoms with Gasteiger partial charge in [0.25, 0.3) is 11.6 Å². The SMILES string of the molecule is CCOC(=O)N1CCN(C(=O)COC(=O)c2ccc(Sc3nncn3C)c([N+](=O)[O-])c2)CC1. The molecule has 1 aliphatic rings. The molecule has 2 amide bonds. The van der Waals surface area contributed by atoms with Gasteiger partial charge >= 0.3 is 12.1 Å². The number of carbonyl (C=O) groups excluding carboxylic acids is 3. The third-order valence-electron chi connectivity index (χ3n) is 4.75. The lowest BCUT2D eigenvalue weighted by Gasteiger charge is -2.33. The molecule has 2 heterocycles. The molecule has 0 aliphatic carbocycles. The molecule has 1 saturated heterocycles. The number of hydrogen-bond donors (Lipinski definition) is 0. The Hall–Kier alpha value is -3.68. The van der Waals surface area contributed by atoms with Crippen molar-refractivity contribution in [1.82, 2.24) is 24.6 Å². The highest BCUT2D eigenvalue weighted by atomic mass is 32.2. The number of carbonyl (C=O) groups is 3. The Morgan fingerprint density at radius 3 is 2.45 bits per heavy atom. The van der Waals surface area contributed by atoms with Crippen LogP contribution in [0.5, 0.6) is 0 Å². The summed E-state index contributed by atoms with van der Waals surface area (Å²) in [6, 6.07) is 3.91. The van der Waals surface area contributed by atoms with Gasteiger partial charge in [0.05, 0.1) is 22.0 Å². The van der Waals surface area contributed by atoms with E-state index in [1.54, 1.807) is 18.5 Å². The molecule has 0 unspecified atom stereocenters. The molecule has 1 fully saturated rings. The number of aryl methyl sites for hydroxylation is 1. The molecule has 176 valence electrons. The molecule has 3 rings (SSSR count). The van der Waals surface area contributed by atoms with Crippen molar-refractivity contribution in [3.05, 3.63) is 40.2 Å². The molecule has 33 heavy (non-hydrogen) atoms. The summed E-state index contributed by atoms with van der Waals surface area (Å²) in [6.45, 7) is 2.67. The van der Waals surface area contributed by atoms with E-state index in [2.05, 4.69) is 10.2 Å². The lowest BCUT2D eigenvalue weighted by atomic mass is 10.2. The number of nitro benzene ring substituents is 1. The standard InChI is InChI=1S/C19H22N6O7S/c1-3-31-19(28)24-8-6-23(7-9-24)16(26)11-32-17(27)13-4-5-15(14(10-13)25(29)30)33-18-21-20-12-22(18)2/h4-5,10,12H,3,6-9,11H2,1-2H3. The summed E-state index contributed by atoms with van der Waals surface area (Å²) in [5, 5.41) is 19.5. The fourth-order valence-corrected chi connectivity index (χ4v) is 3.84. The number of ether oxygens (including phenoxy) is 2. The quantitative estimate of drug-likeness (QED) is 0.324. The van der Waals surface area contributed by atoms with Crippen LogP contribution in [0.4, 0.5) is 10.5 Å². The van der Waals surface area contributed by atoms with Crippen molar-refractivity contribution in [1.29, 1.82) is 0 Å². The van der Waals surface area contributed by atoms with E-state index >= 15 is 0 Å². The number of rotatable bonds is 7. The summed E-state index contributed by atoms with van der Waals surface area (Å²) in [5.74, 6) is -1.28. The van der Waals surface area contributed by atoms with Crippen LogP contribution in [0, 0.1) is 10.1 Å². The van der Waals surface area contributed by atoms with Crippen molar-refractivity contribution in [3.8, 4) is 0 Å². The lowest BCUT2D eigenvalue weighted by molar-refractivity contribution is -0.387. The highest BCUT2D eigenvalue weighted by Gasteiger charge is 2.26. The maximum atomic E-state index is 12.4. The Kier molecular flexibility index (Phi) is 7.82. The van der Waals surface area contributed by atoms with Gasteiger partial charge < -0.3 is 23.8 Å². The first-order chi connectivity index (χ1) is 15.8. The molecule has 1 aromatic carbocycles. The van der Waals surface area contributed by atoms with E-state index in [1.807, 2.05) is 0 Å². The minimum atomic E-state index is -0.855. The predicted molar refractivity (Wildman–Crippen MR) is 114 cm³/mol. The van der Waals surface area contributed by atoms with Crippen LogP contribution in [0.3, 0.4) is 0 Å². The van der Waals surface area contributed by atoms with Crippen LogP contribution >= 0.6 is 11.8 Å². The zero-order valence-electron chi connectivity index (χ0n) is 18.0. The second kappa shape index (κ2) is 10.8. The first-order valence-electron chi connectivity index (χ1n) is 9.97. The second-order valence-corrected chi connectivity index (χ2v) is 7.92. The third-order valence-corrected chi connectivity index (χ3v) is 5.86. The van der Waals surface area contributed by atoms with Crippen molar-refractivity contribution >= 4 is 35.4 Å². The van der Waals surface area contributed by atoms with Crippen molar-refractivity contribution in [2.24, 2.45) is 7.05 Å². The zero-order valence-corrected chi connectivity index (χ0v) is 18.8. The van der Waals surface area contributed by atoms with Crippen LogP contribution < -0.4 is 0 Å². The van der Waals surface area contributed by atoms with Gasteiger partial charge in [-0.2, -0.15) is 0 Å². The summed E-state index contributed by atoms with van der Waals surface area (Å²) in [5.41, 5.74) is -0.345. The minimum absolute atomic E-state index is 0.0519. The molecule has 0 saturated carbocycles. The first-order valence-corrected chi connectivity index (χ1v) is 10.8. The van der Waals surface area contributed by atoms with Gasteiger partial charge in [-0.15, -0.1) is 10.2 Å². The molecule has 0 atom stereocenters. The van der Waals surface area contributed by atoms with Gasteiger partial charge in [0.2, 0.25) is 0 Å². The average molecular weight is 478 g/mol. The molecule has 0 bridgehead atoms. The number of benzene rings is 1. The minimum Gasteiger partial charge on any atom is -0.452 e. The molecule has 0 radical (unpaired) electrons. The van der Waals surface area contributed by atoms with Crippen LogP contribution in [0.15, 0.2) is 34.6 Å². The first kappa shape index (κ1) is 24.0. The molecule has 13 nitrogen and oxygen atoms in total. The summed E-state index contributed by atoms with van der Waals surface area (Å²) >= 11 is 1.04. The van der Waals surface area contributed by atoms with E-state index < -0.39 is 29.5 Å². The Labute approximate surface area is 192 Å². The van der Waals surface area contributed by atoms with Gasteiger partial charge in [0.15, 0.2) is 11.8 Å². The number of aromatic nitrogens is 3. The zero-order chi connectivity index (χ0) is 24.0. The van der Waals surface area contributed by atoms with E-state index in [9.17, 15) is 24.5 Å². The Morgan fingerprint density at radius 1 is 1.15 bits per heavy atom. The smallest absolute Gasteiger partial charge is 0.409 e. The van der Waals surface area contributed by atoms with Crippen LogP contribution in [0.2, 0.25) is 0 Å². The topological polar surface area (TPSA) is 150 Å². The fraction of sp³-hybridized carbons (Fsp3) is 0.421. The second-order valence-electron chi connectivity index (χ2n) is 6.91. The maximum absolute atomic E-state index is 12.4. The predicted octanol–water partition coefficient (Wildman–Crippen LogP) is 1.33. The Balaban J connectivity index is 1.57. The normalized spacial score (nSPS) is 13.5. The van der Waals surface area contributed by atoms with Gasteiger partial charge in [0.1, 0.15) is 6.33 Å². The Morgan fingerprint density at radius 2 is 1.85 bits per heavy atom. The molecule has 0 spiro atoms. The van der Waals surface area contributed by atoms with E-state index in [1.165, 1.54) is 28.3 Å². The summed E-state index contributed by atoms with van der Waals surface area (Å²) in [6.07, 6.45) is 1.03. The number of nitro groups is 1. The van der Waals surface area contributed by atoms with Crippen molar-refractivity contribution < 1.29 is 28.8 Å². The van der Waals surface area contributed by atoms with Crippen LogP contribution in [-0.4, -0.2) is 86.9 Å². The number of esters is 1. The van der Waals surface area contributed by atoms with E-state index in [4.69, 9.17) is 9.47 Å². The van der Waals surface area contributed by atoms with Crippen LogP contribution in [0.25, 0.3) is 0 Å². The lowest BCUT2D eigenvalue weighted by Crippen LogP contribution is -2.51. The number of amides is 2. The van der Waals surface area contributed by atoms with Gasteiger partial charge in [0, 0.05) is 39.3 Å². The fourth-order valence-electron chi connectivity index (χ4n) is 2.99. The molecular weight excluding hydrogens is 456 g/mol. The molecular formula is C19H22N6O7S. The summed E-state index contributed by atoms with van der Waals surface area (Å²) in [7, 11) is 1.70. The number of nitrogens with zero attached hydrogens (tertiary/aromatic N) is 6. The van der Waals surface area contributed by atoms with Gasteiger partial charge in [-0.1, -0.05) is 0 Å². The van der Waals surface area contributed by atoms with E-state index in [0.717, 1.165) is 17.8 Å². The van der Waals surface area contributed by atoms with Crippen molar-refractivity contribution in [2.45, 2.75) is 17.0 Å². The van der Waals surface area contributed by atoms with E-state index in [-0.39, 0.29) is 35.8 Å². The summed E-state index contributed by atoms with van der Waals surface area (Å²) in [4.78, 5) is 50.6. The number of hydrogen-bond acceptors (Lipinski definition) is 10. The van der Waals surface area contributed by atoms with E-state index in [0.29, 0.717) is 18.2 Å². The Bertz CT molecular complexity index is 1050. The van der Waals surface area contributed by atoms with Gasteiger partial charge in [-0.3, -0.25) is 14.9 Å². The molecule has 1 aliphatic heterocycles. The van der Waals surface area contributed by atoms with Crippen LogP contribution in [-0.2, 0) is 21.3 Å². The molecule has 0 N–H and O–H groups in total. The van der Waals surface area contributed by atoms with Gasteiger partial charge in [-0.25, -0.2) is 9.59 Å². The molecule has 14 heteroatoms. The van der Waals surface area contributed by atoms with Gasteiger partial charge in [-0.05, 0) is 30.8 Å². The average Bonchev–Trinajstić information content (AvgIpc) is 3.21. The van der Waals surface area contributed by atoms with Crippen molar-refractivity contribution in [2.75, 3.05) is 39.4 Å². The van der Waals surface area contributed by atoms with Crippen LogP contribution in [0.1, 0.15) is 17.3 Å². The summed E-state index contributed by atoms with van der Waals surface area (Å²) < 4.78 is 11.6. The molecule has 2 aromatic rings.